The van der Waals surface area contributed by atoms with Gasteiger partial charge < -0.3 is 15.6 Å². The van der Waals surface area contributed by atoms with Crippen molar-refractivity contribution < 1.29 is 9.59 Å². The predicted molar refractivity (Wildman–Crippen MR) is 114 cm³/mol. The van der Waals surface area contributed by atoms with Gasteiger partial charge in [-0.05, 0) is 23.8 Å². The van der Waals surface area contributed by atoms with E-state index in [1.807, 2.05) is 30.3 Å². The van der Waals surface area contributed by atoms with Crippen LogP contribution in [-0.4, -0.2) is 21.8 Å². The number of nitrogens with one attached hydrogen (secondary N) is 3. The van der Waals surface area contributed by atoms with Gasteiger partial charge in [0, 0.05) is 30.1 Å². The van der Waals surface area contributed by atoms with Crippen LogP contribution >= 0.6 is 11.8 Å². The van der Waals surface area contributed by atoms with E-state index in [9.17, 15) is 14.4 Å². The fraction of sp³-hybridized carbons (Fsp3) is 0.143. The number of H-pyrrole nitrogens is 1. The number of thioether (sulfide) groups is 1. The quantitative estimate of drug-likeness (QED) is 0.411. The van der Waals surface area contributed by atoms with Gasteiger partial charge in [-0.1, -0.05) is 48.2 Å². The number of aromatic nitrogens is 2. The lowest BCUT2D eigenvalue weighted by molar-refractivity contribution is -0.116. The third-order valence-corrected chi connectivity index (χ3v) is 4.74. The van der Waals surface area contributed by atoms with Crippen LogP contribution in [0.5, 0.6) is 0 Å². The molecule has 2 amide bonds. The van der Waals surface area contributed by atoms with Gasteiger partial charge in [0.05, 0.1) is 12.1 Å². The number of carbonyl (C=O) groups is 2. The molecule has 0 spiro atoms. The number of nitrogens with zero attached hydrogens (tertiary/aromatic N) is 1. The van der Waals surface area contributed by atoms with Crippen LogP contribution in [0, 0.1) is 0 Å². The molecular formula is C21H20N4O3S. The van der Waals surface area contributed by atoms with Crippen LogP contribution in [0.3, 0.4) is 0 Å². The van der Waals surface area contributed by atoms with Crippen molar-refractivity contribution in [3.8, 4) is 0 Å². The molecule has 7 nitrogen and oxygen atoms in total. The molecule has 0 fully saturated rings. The molecule has 29 heavy (non-hydrogen) atoms. The molecule has 0 atom stereocenters. The van der Waals surface area contributed by atoms with Crippen LogP contribution in [0.25, 0.3) is 0 Å². The molecule has 1 heterocycles. The molecule has 3 aromatic rings. The maximum atomic E-state index is 12.4. The third kappa shape index (κ3) is 6.62. The molecule has 1 aromatic heterocycles. The van der Waals surface area contributed by atoms with Crippen LogP contribution in [-0.2, 0) is 21.8 Å². The average molecular weight is 408 g/mol. The predicted octanol–water partition coefficient (Wildman–Crippen LogP) is 3.20. The number of amides is 2. The number of anilines is 2. The van der Waals surface area contributed by atoms with Crippen molar-refractivity contribution in [3.63, 3.8) is 0 Å². The fourth-order valence-corrected chi connectivity index (χ4v) is 3.47. The Morgan fingerprint density at radius 2 is 1.72 bits per heavy atom. The number of carbonyl (C=O) groups excluding carboxylic acids is 2. The first-order valence-electron chi connectivity index (χ1n) is 8.92. The zero-order chi connectivity index (χ0) is 20.6. The van der Waals surface area contributed by atoms with Crippen LogP contribution < -0.4 is 16.2 Å². The van der Waals surface area contributed by atoms with E-state index in [0.717, 1.165) is 5.56 Å². The van der Waals surface area contributed by atoms with Crippen molar-refractivity contribution in [2.75, 3.05) is 10.6 Å². The average Bonchev–Trinajstić information content (AvgIpc) is 2.66. The molecule has 2 aromatic carbocycles. The van der Waals surface area contributed by atoms with E-state index in [2.05, 4.69) is 20.6 Å². The highest BCUT2D eigenvalue weighted by molar-refractivity contribution is 7.98. The Morgan fingerprint density at radius 3 is 2.45 bits per heavy atom. The van der Waals surface area contributed by atoms with Crippen molar-refractivity contribution in [3.05, 3.63) is 82.3 Å². The molecule has 148 valence electrons. The van der Waals surface area contributed by atoms with E-state index < -0.39 is 0 Å². The Hall–Kier alpha value is -3.39. The van der Waals surface area contributed by atoms with Crippen molar-refractivity contribution in [1.82, 2.24) is 9.97 Å². The van der Waals surface area contributed by atoms with E-state index >= 15 is 0 Å². The molecule has 3 rings (SSSR count). The summed E-state index contributed by atoms with van der Waals surface area (Å²) in [6.07, 6.45) is -0.0345. The monoisotopic (exact) mass is 408 g/mol. The fourth-order valence-electron chi connectivity index (χ4n) is 2.62. The maximum Gasteiger partial charge on any atom is 0.251 e. The highest BCUT2D eigenvalue weighted by Crippen LogP contribution is 2.19. The summed E-state index contributed by atoms with van der Waals surface area (Å²) < 4.78 is 0. The number of hydrogen-bond donors (Lipinski definition) is 3. The van der Waals surface area contributed by atoms with E-state index in [0.29, 0.717) is 28.0 Å². The smallest absolute Gasteiger partial charge is 0.251 e. The molecule has 0 aliphatic carbocycles. The van der Waals surface area contributed by atoms with Gasteiger partial charge >= 0.3 is 0 Å². The van der Waals surface area contributed by atoms with Gasteiger partial charge in [0.25, 0.3) is 5.56 Å². The summed E-state index contributed by atoms with van der Waals surface area (Å²) in [6.45, 7) is 1.41. The van der Waals surface area contributed by atoms with E-state index in [4.69, 9.17) is 0 Å². The summed E-state index contributed by atoms with van der Waals surface area (Å²) in [5.41, 5.74) is 2.34. The van der Waals surface area contributed by atoms with Crippen molar-refractivity contribution >= 4 is 35.0 Å². The van der Waals surface area contributed by atoms with E-state index in [1.54, 1.807) is 24.3 Å². The first-order valence-corrected chi connectivity index (χ1v) is 9.91. The third-order valence-electron chi connectivity index (χ3n) is 3.80. The number of rotatable bonds is 7. The van der Waals surface area contributed by atoms with Crippen molar-refractivity contribution in [2.24, 2.45) is 0 Å². The standard InChI is InChI=1S/C21H20N4O3S/c1-14(26)22-16-8-5-9-17(10-16)23-19(27)11-18-12-20(28)25-21(24-18)29-13-15-6-3-2-4-7-15/h2-10,12H,11,13H2,1H3,(H,22,26)(H,23,27)(H,24,25,28). The van der Waals surface area contributed by atoms with Gasteiger partial charge in [-0.25, -0.2) is 4.98 Å². The zero-order valence-electron chi connectivity index (χ0n) is 15.8. The van der Waals surface area contributed by atoms with Gasteiger partial charge in [-0.2, -0.15) is 0 Å². The first-order chi connectivity index (χ1) is 14.0. The summed E-state index contributed by atoms with van der Waals surface area (Å²) in [7, 11) is 0. The molecule has 0 aliphatic heterocycles. The van der Waals surface area contributed by atoms with Gasteiger partial charge in [-0.15, -0.1) is 0 Å². The van der Waals surface area contributed by atoms with Crippen LogP contribution in [0.4, 0.5) is 11.4 Å². The highest BCUT2D eigenvalue weighted by Gasteiger charge is 2.09. The molecule has 3 N–H and O–H groups in total. The van der Waals surface area contributed by atoms with Crippen molar-refractivity contribution in [1.29, 1.82) is 0 Å². The summed E-state index contributed by atoms with van der Waals surface area (Å²) in [5, 5.41) is 5.88. The molecule has 0 bridgehead atoms. The summed E-state index contributed by atoms with van der Waals surface area (Å²) >= 11 is 1.40. The molecular weight excluding hydrogens is 388 g/mol. The first kappa shape index (κ1) is 20.3. The molecule has 0 saturated carbocycles. The number of aromatic amines is 1. The Morgan fingerprint density at radius 1 is 1.00 bits per heavy atom. The summed E-state index contributed by atoms with van der Waals surface area (Å²) in [5.74, 6) is 0.166. The van der Waals surface area contributed by atoms with Crippen LogP contribution in [0.2, 0.25) is 0 Å². The van der Waals surface area contributed by atoms with Gasteiger partial charge in [0.15, 0.2) is 5.16 Å². The zero-order valence-corrected chi connectivity index (χ0v) is 16.6. The maximum absolute atomic E-state index is 12.4. The van der Waals surface area contributed by atoms with Crippen LogP contribution in [0.1, 0.15) is 18.2 Å². The SMILES string of the molecule is CC(=O)Nc1cccc(NC(=O)Cc2cc(=O)[nH]c(SCc3ccccc3)n2)c1. The minimum absolute atomic E-state index is 0.0345. The Balaban J connectivity index is 1.63. The molecule has 0 saturated heterocycles. The Kier molecular flexibility index (Phi) is 6.80. The second-order valence-electron chi connectivity index (χ2n) is 6.30. The highest BCUT2D eigenvalue weighted by atomic mass is 32.2. The minimum atomic E-state index is -0.304. The summed E-state index contributed by atoms with van der Waals surface area (Å²) in [6, 6.07) is 18.0. The molecule has 0 unspecified atom stereocenters. The number of benzene rings is 2. The normalized spacial score (nSPS) is 10.4. The van der Waals surface area contributed by atoms with Gasteiger partial charge in [0.2, 0.25) is 11.8 Å². The van der Waals surface area contributed by atoms with Crippen molar-refractivity contribution in [2.45, 2.75) is 24.3 Å². The summed E-state index contributed by atoms with van der Waals surface area (Å²) in [4.78, 5) is 42.5. The lowest BCUT2D eigenvalue weighted by Crippen LogP contribution is -2.18. The molecule has 0 radical (unpaired) electrons. The van der Waals surface area contributed by atoms with E-state index in [-0.39, 0.29) is 23.8 Å². The topological polar surface area (TPSA) is 104 Å². The number of hydrogen-bond acceptors (Lipinski definition) is 5. The largest absolute Gasteiger partial charge is 0.326 e. The second kappa shape index (κ2) is 9.70. The second-order valence-corrected chi connectivity index (χ2v) is 7.27. The van der Waals surface area contributed by atoms with E-state index in [1.165, 1.54) is 24.8 Å². The van der Waals surface area contributed by atoms with Gasteiger partial charge in [-0.3, -0.25) is 14.4 Å². The lowest BCUT2D eigenvalue weighted by atomic mass is 10.2. The Labute approximate surface area is 172 Å². The van der Waals surface area contributed by atoms with Crippen LogP contribution in [0.15, 0.2) is 70.6 Å². The lowest BCUT2D eigenvalue weighted by Gasteiger charge is -2.08. The van der Waals surface area contributed by atoms with Gasteiger partial charge in [0.1, 0.15) is 0 Å². The minimum Gasteiger partial charge on any atom is -0.326 e. The molecule has 8 heteroatoms. The molecule has 0 aliphatic rings. The Bertz CT molecular complexity index is 1070.